The SMILES string of the molecule is C=C/C(C)=C\C(N)=C(\N)CN. The lowest BCUT2D eigenvalue weighted by molar-refractivity contribution is 1.07. The van der Waals surface area contributed by atoms with E-state index in [1.807, 2.05) is 6.92 Å². The van der Waals surface area contributed by atoms with Crippen LogP contribution in [0.5, 0.6) is 0 Å². The topological polar surface area (TPSA) is 78.1 Å². The van der Waals surface area contributed by atoms with Gasteiger partial charge < -0.3 is 17.2 Å². The van der Waals surface area contributed by atoms with E-state index in [2.05, 4.69) is 6.58 Å². The van der Waals surface area contributed by atoms with Crippen molar-refractivity contribution in [2.45, 2.75) is 6.92 Å². The van der Waals surface area contributed by atoms with Crippen LogP contribution in [-0.4, -0.2) is 6.54 Å². The van der Waals surface area contributed by atoms with E-state index in [-0.39, 0.29) is 6.54 Å². The molecule has 0 fully saturated rings. The van der Waals surface area contributed by atoms with E-state index in [0.717, 1.165) is 5.57 Å². The number of rotatable bonds is 3. The Hall–Kier alpha value is -1.22. The molecule has 6 N–H and O–H groups in total. The summed E-state index contributed by atoms with van der Waals surface area (Å²) in [4.78, 5) is 0. The molecule has 0 radical (unpaired) electrons. The van der Waals surface area contributed by atoms with Crippen molar-refractivity contribution in [2.75, 3.05) is 6.54 Å². The fraction of sp³-hybridized carbons (Fsp3) is 0.250. The summed E-state index contributed by atoms with van der Waals surface area (Å²) >= 11 is 0. The van der Waals surface area contributed by atoms with E-state index < -0.39 is 0 Å². The summed E-state index contributed by atoms with van der Waals surface area (Å²) in [5.41, 5.74) is 18.3. The van der Waals surface area contributed by atoms with Crippen LogP contribution in [0, 0.1) is 0 Å². The molecule has 62 valence electrons. The quantitative estimate of drug-likeness (QED) is 0.507. The van der Waals surface area contributed by atoms with Crippen LogP contribution in [0.3, 0.4) is 0 Å². The molecule has 0 aromatic heterocycles. The summed E-state index contributed by atoms with van der Waals surface area (Å²) in [6.07, 6.45) is 3.45. The van der Waals surface area contributed by atoms with Crippen LogP contribution >= 0.6 is 0 Å². The molecule has 3 nitrogen and oxygen atoms in total. The van der Waals surface area contributed by atoms with Crippen molar-refractivity contribution in [3.05, 3.63) is 35.7 Å². The highest BCUT2D eigenvalue weighted by atomic mass is 14.7. The van der Waals surface area contributed by atoms with Crippen LogP contribution < -0.4 is 17.2 Å². The third-order valence-electron chi connectivity index (χ3n) is 1.30. The summed E-state index contributed by atoms with van der Waals surface area (Å²) < 4.78 is 0. The summed E-state index contributed by atoms with van der Waals surface area (Å²) in [5.74, 6) is 0. The van der Waals surface area contributed by atoms with Gasteiger partial charge in [0.05, 0.1) is 5.70 Å². The van der Waals surface area contributed by atoms with E-state index in [9.17, 15) is 0 Å². The first kappa shape index (κ1) is 9.78. The van der Waals surface area contributed by atoms with Gasteiger partial charge in [-0.05, 0) is 18.6 Å². The van der Waals surface area contributed by atoms with Gasteiger partial charge in [0.1, 0.15) is 0 Å². The second-order valence-corrected chi connectivity index (χ2v) is 2.28. The molecule has 0 aromatic rings. The van der Waals surface area contributed by atoms with Crippen molar-refractivity contribution >= 4 is 0 Å². The second-order valence-electron chi connectivity index (χ2n) is 2.28. The summed E-state index contributed by atoms with van der Waals surface area (Å²) in [7, 11) is 0. The second kappa shape index (κ2) is 4.57. The zero-order valence-electron chi connectivity index (χ0n) is 6.80. The van der Waals surface area contributed by atoms with Crippen molar-refractivity contribution in [2.24, 2.45) is 17.2 Å². The first-order chi connectivity index (χ1) is 5.11. The lowest BCUT2D eigenvalue weighted by atomic mass is 10.2. The smallest absolute Gasteiger partial charge is 0.0520 e. The molecule has 0 saturated heterocycles. The molecule has 11 heavy (non-hydrogen) atoms. The average molecular weight is 153 g/mol. The molecule has 0 heterocycles. The van der Waals surface area contributed by atoms with Crippen LogP contribution in [0.15, 0.2) is 35.7 Å². The molecule has 0 spiro atoms. The number of allylic oxidation sites excluding steroid dienone is 3. The minimum atomic E-state index is 0.284. The lowest BCUT2D eigenvalue weighted by Gasteiger charge is -2.00. The summed E-state index contributed by atoms with van der Waals surface area (Å²) in [5, 5.41) is 0. The molecule has 0 aliphatic heterocycles. The van der Waals surface area contributed by atoms with Gasteiger partial charge in [-0.25, -0.2) is 0 Å². The average Bonchev–Trinajstić information content (AvgIpc) is 2.02. The molecule has 0 bridgehead atoms. The van der Waals surface area contributed by atoms with E-state index in [1.54, 1.807) is 12.2 Å². The molecule has 3 heteroatoms. The van der Waals surface area contributed by atoms with Crippen LogP contribution in [-0.2, 0) is 0 Å². The standard InChI is InChI=1S/C8H15N3/c1-3-6(2)4-7(10)8(11)5-9/h3-4H,1,5,9-11H2,2H3/b6-4-,8-7-. The molecule has 0 aliphatic rings. The number of hydrogen-bond acceptors (Lipinski definition) is 3. The van der Waals surface area contributed by atoms with Gasteiger partial charge in [0.15, 0.2) is 0 Å². The maximum Gasteiger partial charge on any atom is 0.0520 e. The zero-order chi connectivity index (χ0) is 8.85. The van der Waals surface area contributed by atoms with Crippen LogP contribution in [0.1, 0.15) is 6.92 Å². The third kappa shape index (κ3) is 3.47. The maximum absolute atomic E-state index is 5.55. The molecule has 0 aromatic carbocycles. The molecule has 0 aliphatic carbocycles. The van der Waals surface area contributed by atoms with Crippen molar-refractivity contribution in [1.29, 1.82) is 0 Å². The predicted molar refractivity (Wildman–Crippen MR) is 48.4 cm³/mol. The van der Waals surface area contributed by atoms with Crippen LogP contribution in [0.2, 0.25) is 0 Å². The highest BCUT2D eigenvalue weighted by Crippen LogP contribution is 1.98. The fourth-order valence-electron chi connectivity index (χ4n) is 0.515. The number of nitrogens with two attached hydrogens (primary N) is 3. The zero-order valence-corrected chi connectivity index (χ0v) is 6.80. The molecule has 0 unspecified atom stereocenters. The van der Waals surface area contributed by atoms with Crippen molar-refractivity contribution in [3.8, 4) is 0 Å². The largest absolute Gasteiger partial charge is 0.399 e. The predicted octanol–water partition coefficient (Wildman–Crippen LogP) is 0.206. The first-order valence-electron chi connectivity index (χ1n) is 3.36. The van der Waals surface area contributed by atoms with Gasteiger partial charge in [0.25, 0.3) is 0 Å². The fourth-order valence-corrected chi connectivity index (χ4v) is 0.515. The Morgan fingerprint density at radius 3 is 2.36 bits per heavy atom. The van der Waals surface area contributed by atoms with Gasteiger partial charge in [-0.1, -0.05) is 12.7 Å². The van der Waals surface area contributed by atoms with Crippen molar-refractivity contribution in [1.82, 2.24) is 0 Å². The van der Waals surface area contributed by atoms with Gasteiger partial charge in [-0.3, -0.25) is 0 Å². The Kier molecular flexibility index (Phi) is 4.07. The monoisotopic (exact) mass is 153 g/mol. The van der Waals surface area contributed by atoms with Crippen molar-refractivity contribution in [3.63, 3.8) is 0 Å². The van der Waals surface area contributed by atoms with Gasteiger partial charge in [0.2, 0.25) is 0 Å². The molecular formula is C8H15N3. The number of hydrogen-bond donors (Lipinski definition) is 3. The minimum absolute atomic E-state index is 0.284. The van der Waals surface area contributed by atoms with E-state index in [1.165, 1.54) is 0 Å². The van der Waals surface area contributed by atoms with Crippen LogP contribution in [0.4, 0.5) is 0 Å². The Labute approximate surface area is 67.2 Å². The highest BCUT2D eigenvalue weighted by molar-refractivity contribution is 5.28. The van der Waals surface area contributed by atoms with Gasteiger partial charge in [0, 0.05) is 12.2 Å². The molecule has 0 saturated carbocycles. The third-order valence-corrected chi connectivity index (χ3v) is 1.30. The summed E-state index contributed by atoms with van der Waals surface area (Å²) in [6.45, 7) is 5.76. The highest BCUT2D eigenvalue weighted by Gasteiger charge is 1.91. The van der Waals surface area contributed by atoms with E-state index in [4.69, 9.17) is 17.2 Å². The lowest BCUT2D eigenvalue weighted by Crippen LogP contribution is -2.16. The van der Waals surface area contributed by atoms with E-state index in [0.29, 0.717) is 11.4 Å². The first-order valence-corrected chi connectivity index (χ1v) is 3.36. The Morgan fingerprint density at radius 2 is 2.00 bits per heavy atom. The molecule has 0 amide bonds. The molecule has 0 atom stereocenters. The Balaban J connectivity index is 4.49. The summed E-state index contributed by atoms with van der Waals surface area (Å²) in [6, 6.07) is 0. The van der Waals surface area contributed by atoms with Crippen LogP contribution in [0.25, 0.3) is 0 Å². The Bertz CT molecular complexity index is 201. The molecular weight excluding hydrogens is 138 g/mol. The van der Waals surface area contributed by atoms with Gasteiger partial charge in [-0.2, -0.15) is 0 Å². The minimum Gasteiger partial charge on any atom is -0.399 e. The van der Waals surface area contributed by atoms with Gasteiger partial charge >= 0.3 is 0 Å². The maximum atomic E-state index is 5.55. The van der Waals surface area contributed by atoms with Gasteiger partial charge in [-0.15, -0.1) is 0 Å². The van der Waals surface area contributed by atoms with E-state index >= 15 is 0 Å². The normalized spacial score (nSPS) is 14.2. The Morgan fingerprint density at radius 1 is 1.45 bits per heavy atom. The van der Waals surface area contributed by atoms with Crippen molar-refractivity contribution < 1.29 is 0 Å². The molecule has 0 rings (SSSR count).